The number of carbonyl (C=O) groups is 1. The van der Waals surface area contributed by atoms with Gasteiger partial charge >= 0.3 is 0 Å². The molecule has 1 heterocycles. The zero-order chi connectivity index (χ0) is 10.4. The Kier molecular flexibility index (Phi) is 2.11. The van der Waals surface area contributed by atoms with E-state index in [0.29, 0.717) is 17.8 Å². The van der Waals surface area contributed by atoms with Crippen molar-refractivity contribution in [3.8, 4) is 0 Å². The summed E-state index contributed by atoms with van der Waals surface area (Å²) in [5, 5.41) is 3.00. The third-order valence-electron chi connectivity index (χ3n) is 4.72. The van der Waals surface area contributed by atoms with Crippen LogP contribution in [-0.4, -0.2) is 5.91 Å². The molecular formula is C13H19NO. The average Bonchev–Trinajstić information content (AvgIpc) is 2.25. The lowest BCUT2D eigenvalue weighted by Crippen LogP contribution is -2.51. The van der Waals surface area contributed by atoms with Crippen molar-refractivity contribution in [3.05, 3.63) is 12.3 Å². The predicted octanol–water partition coefficient (Wildman–Crippen LogP) is 2.46. The molecule has 2 saturated carbocycles. The Morgan fingerprint density at radius 2 is 1.73 bits per heavy atom. The normalized spacial score (nSPS) is 44.5. The molecule has 1 aliphatic heterocycles. The van der Waals surface area contributed by atoms with Gasteiger partial charge in [0.1, 0.15) is 0 Å². The van der Waals surface area contributed by atoms with Crippen LogP contribution in [0.15, 0.2) is 12.3 Å². The van der Waals surface area contributed by atoms with E-state index >= 15 is 0 Å². The Hall–Kier alpha value is -0.790. The SMILES string of the molecule is C=C1NC(=O)C2CCCC3CCCC1C32. The van der Waals surface area contributed by atoms with Gasteiger partial charge in [0.15, 0.2) is 0 Å². The molecule has 4 unspecified atom stereocenters. The molecule has 2 heteroatoms. The average molecular weight is 205 g/mol. The minimum atomic E-state index is 0.257. The van der Waals surface area contributed by atoms with E-state index in [1.54, 1.807) is 0 Å². The van der Waals surface area contributed by atoms with E-state index in [0.717, 1.165) is 18.0 Å². The van der Waals surface area contributed by atoms with Gasteiger partial charge in [-0.05, 0) is 24.7 Å². The molecule has 0 aromatic rings. The van der Waals surface area contributed by atoms with Crippen LogP contribution >= 0.6 is 0 Å². The number of piperidine rings is 1. The second-order valence-corrected chi connectivity index (χ2v) is 5.43. The van der Waals surface area contributed by atoms with Crippen LogP contribution in [0.5, 0.6) is 0 Å². The molecule has 1 N–H and O–H groups in total. The van der Waals surface area contributed by atoms with Crippen molar-refractivity contribution >= 4 is 5.91 Å². The topological polar surface area (TPSA) is 29.1 Å². The number of rotatable bonds is 0. The lowest BCUT2D eigenvalue weighted by molar-refractivity contribution is -0.133. The Bertz CT molecular complexity index is 282. The van der Waals surface area contributed by atoms with E-state index in [1.165, 1.54) is 32.1 Å². The summed E-state index contributed by atoms with van der Waals surface area (Å²) in [6.07, 6.45) is 7.62. The van der Waals surface area contributed by atoms with Gasteiger partial charge in [-0.3, -0.25) is 4.79 Å². The number of hydrogen-bond acceptors (Lipinski definition) is 1. The molecule has 2 nitrogen and oxygen atoms in total. The van der Waals surface area contributed by atoms with Crippen molar-refractivity contribution in [1.29, 1.82) is 0 Å². The van der Waals surface area contributed by atoms with Gasteiger partial charge in [-0.2, -0.15) is 0 Å². The minimum Gasteiger partial charge on any atom is -0.330 e. The molecule has 3 aliphatic rings. The first kappa shape index (κ1) is 9.44. The van der Waals surface area contributed by atoms with Gasteiger partial charge in [-0.15, -0.1) is 0 Å². The summed E-state index contributed by atoms with van der Waals surface area (Å²) in [6.45, 7) is 4.04. The molecule has 82 valence electrons. The number of hydrogen-bond donors (Lipinski definition) is 1. The summed E-state index contributed by atoms with van der Waals surface area (Å²) < 4.78 is 0. The fraction of sp³-hybridized carbons (Fsp3) is 0.769. The summed E-state index contributed by atoms with van der Waals surface area (Å²) in [6, 6.07) is 0. The fourth-order valence-electron chi connectivity index (χ4n) is 4.11. The van der Waals surface area contributed by atoms with Crippen LogP contribution in [0.1, 0.15) is 38.5 Å². The van der Waals surface area contributed by atoms with Gasteiger partial charge in [-0.1, -0.05) is 32.3 Å². The van der Waals surface area contributed by atoms with E-state index in [-0.39, 0.29) is 5.91 Å². The van der Waals surface area contributed by atoms with Gasteiger partial charge in [0.2, 0.25) is 5.91 Å². The van der Waals surface area contributed by atoms with Crippen molar-refractivity contribution in [2.75, 3.05) is 0 Å². The molecule has 0 aromatic heterocycles. The van der Waals surface area contributed by atoms with E-state index in [2.05, 4.69) is 11.9 Å². The van der Waals surface area contributed by atoms with Crippen LogP contribution in [0, 0.1) is 23.7 Å². The lowest BCUT2D eigenvalue weighted by atomic mass is 9.58. The Labute approximate surface area is 91.1 Å². The number of carbonyl (C=O) groups excluding carboxylic acids is 1. The van der Waals surface area contributed by atoms with Crippen LogP contribution in [-0.2, 0) is 4.79 Å². The van der Waals surface area contributed by atoms with E-state index in [9.17, 15) is 4.79 Å². The van der Waals surface area contributed by atoms with Crippen molar-refractivity contribution in [2.45, 2.75) is 38.5 Å². The van der Waals surface area contributed by atoms with E-state index in [4.69, 9.17) is 0 Å². The first-order chi connectivity index (χ1) is 7.27. The van der Waals surface area contributed by atoms with Crippen LogP contribution in [0.2, 0.25) is 0 Å². The standard InChI is InChI=1S/C13H19NO/c1-8-10-6-2-4-9-5-3-7-11(12(9)10)13(15)14-8/h9-12H,1-7H2,(H,14,15). The first-order valence-electron chi connectivity index (χ1n) is 6.27. The Balaban J connectivity index is 1.94. The highest BCUT2D eigenvalue weighted by molar-refractivity contribution is 5.82. The second-order valence-electron chi connectivity index (χ2n) is 5.43. The third-order valence-corrected chi connectivity index (χ3v) is 4.72. The molecule has 15 heavy (non-hydrogen) atoms. The van der Waals surface area contributed by atoms with Crippen molar-refractivity contribution in [3.63, 3.8) is 0 Å². The third kappa shape index (κ3) is 1.34. The molecule has 4 atom stereocenters. The molecule has 0 spiro atoms. The largest absolute Gasteiger partial charge is 0.330 e. The lowest BCUT2D eigenvalue weighted by Gasteiger charge is -2.49. The number of nitrogens with one attached hydrogen (secondary N) is 1. The minimum absolute atomic E-state index is 0.257. The smallest absolute Gasteiger partial charge is 0.227 e. The molecule has 2 aliphatic carbocycles. The second kappa shape index (κ2) is 3.36. The van der Waals surface area contributed by atoms with Gasteiger partial charge in [-0.25, -0.2) is 0 Å². The highest BCUT2D eigenvalue weighted by atomic mass is 16.2. The molecule has 0 aromatic carbocycles. The van der Waals surface area contributed by atoms with E-state index < -0.39 is 0 Å². The molecule has 3 rings (SSSR count). The Morgan fingerprint density at radius 1 is 1.07 bits per heavy atom. The Morgan fingerprint density at radius 3 is 2.47 bits per heavy atom. The number of allylic oxidation sites excluding steroid dienone is 1. The van der Waals surface area contributed by atoms with Crippen LogP contribution in [0.3, 0.4) is 0 Å². The summed E-state index contributed by atoms with van der Waals surface area (Å²) >= 11 is 0. The highest BCUT2D eigenvalue weighted by Gasteiger charge is 2.47. The maximum atomic E-state index is 11.9. The molecule has 1 amide bonds. The molecule has 0 radical (unpaired) electrons. The van der Waals surface area contributed by atoms with Crippen molar-refractivity contribution < 1.29 is 4.79 Å². The quantitative estimate of drug-likeness (QED) is 0.646. The van der Waals surface area contributed by atoms with Gasteiger partial charge in [0.25, 0.3) is 0 Å². The van der Waals surface area contributed by atoms with Gasteiger partial charge in [0.05, 0.1) is 0 Å². The predicted molar refractivity (Wildman–Crippen MR) is 58.9 cm³/mol. The number of amides is 1. The summed E-state index contributed by atoms with van der Waals surface area (Å²) in [5.74, 6) is 2.60. The van der Waals surface area contributed by atoms with Crippen LogP contribution < -0.4 is 5.32 Å². The summed E-state index contributed by atoms with van der Waals surface area (Å²) in [4.78, 5) is 11.9. The monoisotopic (exact) mass is 205 g/mol. The highest BCUT2D eigenvalue weighted by Crippen LogP contribution is 2.50. The molecular weight excluding hydrogens is 186 g/mol. The summed E-state index contributed by atoms with van der Waals surface area (Å²) in [5.41, 5.74) is 1.01. The summed E-state index contributed by atoms with van der Waals surface area (Å²) in [7, 11) is 0. The molecule has 0 bridgehead atoms. The maximum absolute atomic E-state index is 11.9. The fourth-order valence-corrected chi connectivity index (χ4v) is 4.11. The zero-order valence-corrected chi connectivity index (χ0v) is 9.17. The molecule has 3 fully saturated rings. The maximum Gasteiger partial charge on any atom is 0.227 e. The van der Waals surface area contributed by atoms with Crippen molar-refractivity contribution in [2.24, 2.45) is 23.7 Å². The van der Waals surface area contributed by atoms with E-state index in [1.807, 2.05) is 0 Å². The van der Waals surface area contributed by atoms with Crippen molar-refractivity contribution in [1.82, 2.24) is 5.32 Å². The van der Waals surface area contributed by atoms with Gasteiger partial charge in [0, 0.05) is 17.5 Å². The van der Waals surface area contributed by atoms with Crippen LogP contribution in [0.25, 0.3) is 0 Å². The first-order valence-corrected chi connectivity index (χ1v) is 6.27. The van der Waals surface area contributed by atoms with Gasteiger partial charge < -0.3 is 5.32 Å². The molecule has 1 saturated heterocycles. The zero-order valence-electron chi connectivity index (χ0n) is 9.17. The van der Waals surface area contributed by atoms with Crippen LogP contribution in [0.4, 0.5) is 0 Å².